The van der Waals surface area contributed by atoms with E-state index in [1.54, 1.807) is 0 Å². The van der Waals surface area contributed by atoms with Gasteiger partial charge in [-0.15, -0.1) is 0 Å². The standard InChI is InChI=1S/C17H26N2O2/c1-3-19(4-2)17(16(20)21)10-12-18(13-11-17)14-15-8-6-5-7-9-15/h5-9H,3-4,10-14H2,1-2H3,(H,20,21). The fraction of sp³-hybridized carbons (Fsp3) is 0.588. The molecule has 1 aliphatic rings. The molecule has 0 aliphatic carbocycles. The van der Waals surface area contributed by atoms with E-state index in [2.05, 4.69) is 34.1 Å². The van der Waals surface area contributed by atoms with Crippen LogP contribution in [0.5, 0.6) is 0 Å². The van der Waals surface area contributed by atoms with Crippen LogP contribution in [0.2, 0.25) is 0 Å². The third kappa shape index (κ3) is 3.44. The zero-order valence-electron chi connectivity index (χ0n) is 13.1. The number of hydrogen-bond donors (Lipinski definition) is 1. The van der Waals surface area contributed by atoms with Crippen molar-refractivity contribution in [3.05, 3.63) is 35.9 Å². The Morgan fingerprint density at radius 3 is 2.24 bits per heavy atom. The van der Waals surface area contributed by atoms with Crippen molar-refractivity contribution in [2.45, 2.75) is 38.8 Å². The molecule has 1 aromatic carbocycles. The van der Waals surface area contributed by atoms with Gasteiger partial charge in [0.25, 0.3) is 0 Å². The highest BCUT2D eigenvalue weighted by Gasteiger charge is 2.45. The molecule has 2 rings (SSSR count). The molecule has 0 atom stereocenters. The molecule has 0 radical (unpaired) electrons. The molecule has 0 amide bonds. The first kappa shape index (κ1) is 16.0. The van der Waals surface area contributed by atoms with E-state index in [-0.39, 0.29) is 0 Å². The fourth-order valence-electron chi connectivity index (χ4n) is 3.42. The van der Waals surface area contributed by atoms with Crippen LogP contribution in [-0.4, -0.2) is 52.6 Å². The maximum atomic E-state index is 11.8. The highest BCUT2D eigenvalue weighted by Crippen LogP contribution is 2.30. The number of carbonyl (C=O) groups is 1. The summed E-state index contributed by atoms with van der Waals surface area (Å²) in [7, 11) is 0. The molecule has 0 spiro atoms. The maximum Gasteiger partial charge on any atom is 0.324 e. The predicted molar refractivity (Wildman–Crippen MR) is 84.2 cm³/mol. The Bertz CT molecular complexity index is 449. The highest BCUT2D eigenvalue weighted by molar-refractivity contribution is 5.79. The monoisotopic (exact) mass is 290 g/mol. The molecule has 0 saturated carbocycles. The lowest BCUT2D eigenvalue weighted by molar-refractivity contribution is -0.155. The molecular weight excluding hydrogens is 264 g/mol. The summed E-state index contributed by atoms with van der Waals surface area (Å²) in [6.07, 6.45) is 1.41. The second-order valence-corrected chi connectivity index (χ2v) is 5.77. The lowest BCUT2D eigenvalue weighted by atomic mass is 9.85. The third-order valence-electron chi connectivity index (χ3n) is 4.70. The minimum absolute atomic E-state index is 0.662. The molecule has 1 aromatic rings. The van der Waals surface area contributed by atoms with Gasteiger partial charge in [-0.25, -0.2) is 0 Å². The van der Waals surface area contributed by atoms with E-state index in [4.69, 9.17) is 0 Å². The Hall–Kier alpha value is -1.39. The van der Waals surface area contributed by atoms with Gasteiger partial charge in [-0.3, -0.25) is 14.6 Å². The van der Waals surface area contributed by atoms with E-state index in [9.17, 15) is 9.90 Å². The molecule has 1 aliphatic heterocycles. The number of hydrogen-bond acceptors (Lipinski definition) is 3. The van der Waals surface area contributed by atoms with Crippen molar-refractivity contribution in [3.63, 3.8) is 0 Å². The van der Waals surface area contributed by atoms with Gasteiger partial charge in [0.1, 0.15) is 5.54 Å². The van der Waals surface area contributed by atoms with Crippen molar-refractivity contribution in [3.8, 4) is 0 Å². The van der Waals surface area contributed by atoms with E-state index in [0.29, 0.717) is 12.8 Å². The molecule has 0 unspecified atom stereocenters. The third-order valence-corrected chi connectivity index (χ3v) is 4.70. The van der Waals surface area contributed by atoms with Crippen LogP contribution in [0, 0.1) is 0 Å². The first-order valence-electron chi connectivity index (χ1n) is 7.87. The van der Waals surface area contributed by atoms with Gasteiger partial charge < -0.3 is 5.11 Å². The second-order valence-electron chi connectivity index (χ2n) is 5.77. The summed E-state index contributed by atoms with van der Waals surface area (Å²) in [5, 5.41) is 9.74. The average molecular weight is 290 g/mol. The molecule has 0 aromatic heterocycles. The highest BCUT2D eigenvalue weighted by atomic mass is 16.4. The van der Waals surface area contributed by atoms with E-state index in [1.807, 2.05) is 19.9 Å². The van der Waals surface area contributed by atoms with Gasteiger partial charge in [0.05, 0.1) is 0 Å². The summed E-state index contributed by atoms with van der Waals surface area (Å²) in [4.78, 5) is 16.3. The minimum atomic E-state index is -0.670. The molecule has 116 valence electrons. The van der Waals surface area contributed by atoms with Gasteiger partial charge in [-0.2, -0.15) is 0 Å². The number of carboxylic acid groups (broad SMARTS) is 1. The Kier molecular flexibility index (Phi) is 5.37. The number of benzene rings is 1. The van der Waals surface area contributed by atoms with Crippen LogP contribution in [0.25, 0.3) is 0 Å². The maximum absolute atomic E-state index is 11.8. The normalized spacial score (nSPS) is 18.8. The number of likely N-dealkylation sites (tertiary alicyclic amines) is 1. The second kappa shape index (κ2) is 7.05. The molecule has 4 nitrogen and oxygen atoms in total. The fourth-order valence-corrected chi connectivity index (χ4v) is 3.42. The first-order chi connectivity index (χ1) is 10.1. The van der Waals surface area contributed by atoms with Gasteiger partial charge in [0.15, 0.2) is 0 Å². The summed E-state index contributed by atoms with van der Waals surface area (Å²) >= 11 is 0. The Labute approximate surface area is 127 Å². The Morgan fingerprint density at radius 2 is 1.76 bits per heavy atom. The van der Waals surface area contributed by atoms with Crippen LogP contribution in [0.1, 0.15) is 32.3 Å². The lowest BCUT2D eigenvalue weighted by Gasteiger charge is -2.45. The molecule has 0 bridgehead atoms. The van der Waals surface area contributed by atoms with Crippen LogP contribution in [0.3, 0.4) is 0 Å². The predicted octanol–water partition coefficient (Wildman–Crippen LogP) is 2.45. The quantitative estimate of drug-likeness (QED) is 0.874. The SMILES string of the molecule is CCN(CC)C1(C(=O)O)CCN(Cc2ccccc2)CC1. The van der Waals surface area contributed by atoms with E-state index < -0.39 is 11.5 Å². The molecule has 1 N–H and O–H groups in total. The topological polar surface area (TPSA) is 43.8 Å². The molecule has 21 heavy (non-hydrogen) atoms. The van der Waals surface area contributed by atoms with Crippen molar-refractivity contribution in [2.24, 2.45) is 0 Å². The van der Waals surface area contributed by atoms with Gasteiger partial charge in [-0.1, -0.05) is 44.2 Å². The zero-order chi connectivity index (χ0) is 15.3. The van der Waals surface area contributed by atoms with E-state index >= 15 is 0 Å². The van der Waals surface area contributed by atoms with Crippen molar-refractivity contribution < 1.29 is 9.90 Å². The lowest BCUT2D eigenvalue weighted by Crippen LogP contribution is -2.59. The van der Waals surface area contributed by atoms with Gasteiger partial charge in [-0.05, 0) is 31.5 Å². The number of piperidine rings is 1. The van der Waals surface area contributed by atoms with Crippen molar-refractivity contribution in [1.29, 1.82) is 0 Å². The number of carboxylic acids is 1. The Morgan fingerprint density at radius 1 is 1.19 bits per heavy atom. The van der Waals surface area contributed by atoms with Crippen LogP contribution >= 0.6 is 0 Å². The van der Waals surface area contributed by atoms with Gasteiger partial charge in [0, 0.05) is 19.6 Å². The number of likely N-dealkylation sites (N-methyl/N-ethyl adjacent to an activating group) is 1. The van der Waals surface area contributed by atoms with Crippen molar-refractivity contribution in [1.82, 2.24) is 9.80 Å². The van der Waals surface area contributed by atoms with E-state index in [1.165, 1.54) is 5.56 Å². The minimum Gasteiger partial charge on any atom is -0.480 e. The summed E-state index contributed by atoms with van der Waals surface area (Å²) in [6, 6.07) is 10.4. The van der Waals surface area contributed by atoms with Crippen LogP contribution in [-0.2, 0) is 11.3 Å². The molecular formula is C17H26N2O2. The molecule has 4 heteroatoms. The van der Waals surface area contributed by atoms with Gasteiger partial charge in [0.2, 0.25) is 0 Å². The van der Waals surface area contributed by atoms with Crippen LogP contribution < -0.4 is 0 Å². The summed E-state index contributed by atoms with van der Waals surface area (Å²) < 4.78 is 0. The van der Waals surface area contributed by atoms with Crippen molar-refractivity contribution >= 4 is 5.97 Å². The number of rotatable bonds is 6. The number of nitrogens with zero attached hydrogens (tertiary/aromatic N) is 2. The average Bonchev–Trinajstić information content (AvgIpc) is 2.51. The van der Waals surface area contributed by atoms with Crippen LogP contribution in [0.15, 0.2) is 30.3 Å². The number of aliphatic carboxylic acids is 1. The molecule has 1 saturated heterocycles. The zero-order valence-corrected chi connectivity index (χ0v) is 13.1. The summed E-state index contributed by atoms with van der Waals surface area (Å²) in [5.74, 6) is -0.662. The molecule has 1 fully saturated rings. The molecule has 1 heterocycles. The van der Waals surface area contributed by atoms with Crippen LogP contribution in [0.4, 0.5) is 0 Å². The van der Waals surface area contributed by atoms with Crippen molar-refractivity contribution in [2.75, 3.05) is 26.2 Å². The first-order valence-corrected chi connectivity index (χ1v) is 7.87. The largest absolute Gasteiger partial charge is 0.480 e. The van der Waals surface area contributed by atoms with E-state index in [0.717, 1.165) is 32.7 Å². The smallest absolute Gasteiger partial charge is 0.324 e. The summed E-state index contributed by atoms with van der Waals surface area (Å²) in [5.41, 5.74) is 0.625. The summed E-state index contributed by atoms with van der Waals surface area (Å²) in [6.45, 7) is 8.28. The Balaban J connectivity index is 2.01. The van der Waals surface area contributed by atoms with Gasteiger partial charge >= 0.3 is 5.97 Å².